The van der Waals surface area contributed by atoms with E-state index < -0.39 is 0 Å². The van der Waals surface area contributed by atoms with Gasteiger partial charge in [-0.2, -0.15) is 9.97 Å². The molecule has 0 unspecified atom stereocenters. The minimum atomic E-state index is 0.565. The van der Waals surface area contributed by atoms with Crippen molar-refractivity contribution in [3.05, 3.63) is 164 Å². The van der Waals surface area contributed by atoms with Gasteiger partial charge in [-0.25, -0.2) is 4.98 Å². The predicted molar refractivity (Wildman–Crippen MR) is 191 cm³/mol. The highest BCUT2D eigenvalue weighted by molar-refractivity contribution is 6.24. The first-order valence-corrected chi connectivity index (χ1v) is 15.6. The standard InChI is InChI=1S/C42H27N5/c1-4-13-28(14-5-1)36-26-38-39(34-21-11-10-20-33(34)36)35-23-22-31(32-19-12-24-43-27-32)25-37(35)47(38)42-45-40(29-15-6-2-7-16-29)44-41(46-42)30-17-8-3-9-18-30/h1-27H. The third kappa shape index (κ3) is 4.64. The normalized spacial score (nSPS) is 11.4. The number of pyridine rings is 1. The molecule has 0 aliphatic heterocycles. The summed E-state index contributed by atoms with van der Waals surface area (Å²) in [6, 6.07) is 52.5. The Labute approximate surface area is 271 Å². The van der Waals surface area contributed by atoms with Gasteiger partial charge in [-0.3, -0.25) is 9.55 Å². The van der Waals surface area contributed by atoms with Crippen molar-refractivity contribution in [1.82, 2.24) is 24.5 Å². The molecule has 0 saturated heterocycles. The maximum atomic E-state index is 5.19. The van der Waals surface area contributed by atoms with Gasteiger partial charge in [-0.15, -0.1) is 0 Å². The summed E-state index contributed by atoms with van der Waals surface area (Å²) in [6.45, 7) is 0. The van der Waals surface area contributed by atoms with Crippen molar-refractivity contribution in [3.8, 4) is 51.0 Å². The fourth-order valence-corrected chi connectivity index (χ4v) is 6.56. The van der Waals surface area contributed by atoms with Crippen molar-refractivity contribution < 1.29 is 0 Å². The van der Waals surface area contributed by atoms with Crippen LogP contribution in [0.15, 0.2) is 164 Å². The minimum absolute atomic E-state index is 0.565. The number of rotatable bonds is 5. The molecule has 47 heavy (non-hydrogen) atoms. The lowest BCUT2D eigenvalue weighted by atomic mass is 9.94. The molecule has 0 N–H and O–H groups in total. The second-order valence-corrected chi connectivity index (χ2v) is 11.6. The highest BCUT2D eigenvalue weighted by Gasteiger charge is 2.21. The Morgan fingerprint density at radius 3 is 1.64 bits per heavy atom. The average molecular weight is 602 g/mol. The molecule has 9 rings (SSSR count). The molecule has 0 atom stereocenters. The van der Waals surface area contributed by atoms with E-state index in [-0.39, 0.29) is 0 Å². The zero-order chi connectivity index (χ0) is 31.2. The number of aromatic nitrogens is 5. The molecule has 3 aromatic heterocycles. The van der Waals surface area contributed by atoms with Gasteiger partial charge < -0.3 is 0 Å². The molecule has 0 fully saturated rings. The van der Waals surface area contributed by atoms with Gasteiger partial charge in [0.15, 0.2) is 11.6 Å². The first-order valence-electron chi connectivity index (χ1n) is 15.6. The van der Waals surface area contributed by atoms with Crippen molar-refractivity contribution in [2.24, 2.45) is 0 Å². The summed E-state index contributed by atoms with van der Waals surface area (Å²) in [5, 5.41) is 4.68. The largest absolute Gasteiger partial charge is 0.278 e. The van der Waals surface area contributed by atoms with Gasteiger partial charge in [0.25, 0.3) is 0 Å². The van der Waals surface area contributed by atoms with E-state index in [1.807, 2.05) is 72.9 Å². The summed E-state index contributed by atoms with van der Waals surface area (Å²) in [7, 11) is 0. The van der Waals surface area contributed by atoms with Crippen LogP contribution in [0, 0.1) is 0 Å². The zero-order valence-electron chi connectivity index (χ0n) is 25.3. The van der Waals surface area contributed by atoms with E-state index in [4.69, 9.17) is 15.0 Å². The predicted octanol–water partition coefficient (Wildman–Crippen LogP) is 10.2. The molecule has 0 aliphatic rings. The molecule has 0 radical (unpaired) electrons. The third-order valence-corrected chi connectivity index (χ3v) is 8.74. The highest BCUT2D eigenvalue weighted by Crippen LogP contribution is 2.42. The Kier molecular flexibility index (Phi) is 6.39. The summed E-state index contributed by atoms with van der Waals surface area (Å²) in [5.74, 6) is 1.81. The van der Waals surface area contributed by atoms with Gasteiger partial charge in [-0.1, -0.05) is 133 Å². The van der Waals surface area contributed by atoms with Crippen LogP contribution in [0.2, 0.25) is 0 Å². The lowest BCUT2D eigenvalue weighted by Gasteiger charge is -2.13. The Balaban J connectivity index is 1.44. The number of benzene rings is 6. The van der Waals surface area contributed by atoms with E-state index in [0.717, 1.165) is 55.2 Å². The molecule has 0 saturated carbocycles. The lowest BCUT2D eigenvalue weighted by molar-refractivity contribution is 0.954. The van der Waals surface area contributed by atoms with E-state index in [1.165, 1.54) is 10.8 Å². The quantitative estimate of drug-likeness (QED) is 0.197. The first kappa shape index (κ1) is 26.9. The Morgan fingerprint density at radius 1 is 0.404 bits per heavy atom. The number of hydrogen-bond donors (Lipinski definition) is 0. The van der Waals surface area contributed by atoms with Crippen LogP contribution in [-0.4, -0.2) is 24.5 Å². The molecule has 5 nitrogen and oxygen atoms in total. The van der Waals surface area contributed by atoms with Crippen molar-refractivity contribution >= 4 is 32.6 Å². The van der Waals surface area contributed by atoms with E-state index in [9.17, 15) is 0 Å². The molecule has 220 valence electrons. The van der Waals surface area contributed by atoms with Gasteiger partial charge in [0, 0.05) is 39.9 Å². The van der Waals surface area contributed by atoms with Crippen molar-refractivity contribution in [2.75, 3.05) is 0 Å². The van der Waals surface area contributed by atoms with Crippen LogP contribution >= 0.6 is 0 Å². The van der Waals surface area contributed by atoms with Crippen LogP contribution in [0.4, 0.5) is 0 Å². The van der Waals surface area contributed by atoms with Crippen LogP contribution in [0.5, 0.6) is 0 Å². The van der Waals surface area contributed by atoms with Gasteiger partial charge >= 0.3 is 0 Å². The van der Waals surface area contributed by atoms with Crippen molar-refractivity contribution in [3.63, 3.8) is 0 Å². The molecule has 3 heterocycles. The summed E-state index contributed by atoms with van der Waals surface area (Å²) < 4.78 is 2.21. The molecule has 0 aliphatic carbocycles. The van der Waals surface area contributed by atoms with Gasteiger partial charge in [0.05, 0.1) is 11.0 Å². The molecule has 0 bridgehead atoms. The fraction of sp³-hybridized carbons (Fsp3) is 0. The number of hydrogen-bond acceptors (Lipinski definition) is 4. The van der Waals surface area contributed by atoms with Crippen LogP contribution in [0.25, 0.3) is 83.6 Å². The van der Waals surface area contributed by atoms with Crippen molar-refractivity contribution in [1.29, 1.82) is 0 Å². The van der Waals surface area contributed by atoms with E-state index >= 15 is 0 Å². The van der Waals surface area contributed by atoms with Crippen molar-refractivity contribution in [2.45, 2.75) is 0 Å². The SMILES string of the molecule is c1ccc(-c2nc(-c3ccccc3)nc(-n3c4cc(-c5cccnc5)ccc4c4c5ccccc5c(-c5ccccc5)cc43)n2)cc1. The fourth-order valence-electron chi connectivity index (χ4n) is 6.56. The molecule has 0 spiro atoms. The summed E-state index contributed by atoms with van der Waals surface area (Å²) in [4.78, 5) is 19.8. The second kappa shape index (κ2) is 11.2. The van der Waals surface area contributed by atoms with Crippen LogP contribution in [-0.2, 0) is 0 Å². The molecule has 0 amide bonds. The Bertz CT molecular complexity index is 2490. The van der Waals surface area contributed by atoms with E-state index in [0.29, 0.717) is 17.6 Å². The first-order chi connectivity index (χ1) is 23.3. The van der Waals surface area contributed by atoms with Gasteiger partial charge in [-0.05, 0) is 45.7 Å². The third-order valence-electron chi connectivity index (χ3n) is 8.74. The monoisotopic (exact) mass is 601 g/mol. The molecular formula is C42H27N5. The summed E-state index contributed by atoms with van der Waals surface area (Å²) >= 11 is 0. The van der Waals surface area contributed by atoms with Crippen LogP contribution in [0.3, 0.4) is 0 Å². The number of nitrogens with zero attached hydrogens (tertiary/aromatic N) is 5. The molecule has 5 heteroatoms. The molecule has 6 aromatic carbocycles. The average Bonchev–Trinajstić information content (AvgIpc) is 3.49. The maximum absolute atomic E-state index is 5.19. The minimum Gasteiger partial charge on any atom is -0.278 e. The Morgan fingerprint density at radius 2 is 1.00 bits per heavy atom. The van der Waals surface area contributed by atoms with Gasteiger partial charge in [0.2, 0.25) is 5.95 Å². The van der Waals surface area contributed by atoms with Crippen LogP contribution in [0.1, 0.15) is 0 Å². The Hall–Kier alpha value is -6.46. The zero-order valence-corrected chi connectivity index (χ0v) is 25.3. The highest BCUT2D eigenvalue weighted by atomic mass is 15.2. The molecular weight excluding hydrogens is 574 g/mol. The smallest absolute Gasteiger partial charge is 0.238 e. The topological polar surface area (TPSA) is 56.5 Å². The van der Waals surface area contributed by atoms with E-state index in [2.05, 4.69) is 94.5 Å². The van der Waals surface area contributed by atoms with Gasteiger partial charge in [0.1, 0.15) is 0 Å². The number of fused-ring (bicyclic) bond motifs is 5. The summed E-state index contributed by atoms with van der Waals surface area (Å²) in [6.07, 6.45) is 3.71. The summed E-state index contributed by atoms with van der Waals surface area (Å²) in [5.41, 5.74) is 8.34. The van der Waals surface area contributed by atoms with E-state index in [1.54, 1.807) is 6.20 Å². The molecule has 9 aromatic rings. The maximum Gasteiger partial charge on any atom is 0.238 e. The van der Waals surface area contributed by atoms with Crippen LogP contribution < -0.4 is 0 Å². The lowest BCUT2D eigenvalue weighted by Crippen LogP contribution is -2.06. The second-order valence-electron chi connectivity index (χ2n) is 11.6.